The lowest BCUT2D eigenvalue weighted by atomic mass is 9.95. The van der Waals surface area contributed by atoms with Crippen LogP contribution in [-0.4, -0.2) is 212 Å². The molecule has 5 aliphatic rings. The zero-order chi connectivity index (χ0) is 53.8. The molecule has 5 saturated heterocycles. The third-order valence-corrected chi connectivity index (χ3v) is 14.8. The van der Waals surface area contributed by atoms with Gasteiger partial charge in [-0.15, -0.1) is 0 Å². The first-order chi connectivity index (χ1) is 34.6. The molecule has 0 spiro atoms. The third kappa shape index (κ3) is 16.2. The van der Waals surface area contributed by atoms with Crippen LogP contribution >= 0.6 is 0 Å². The van der Waals surface area contributed by atoms with Gasteiger partial charge in [-0.05, 0) is 67.7 Å². The van der Waals surface area contributed by atoms with E-state index in [4.69, 9.17) is 52.1 Å². The first-order valence-corrected chi connectivity index (χ1v) is 26.5. The van der Waals surface area contributed by atoms with Gasteiger partial charge in [0.05, 0.1) is 55.1 Å². The van der Waals surface area contributed by atoms with E-state index in [9.17, 15) is 60.3 Å². The number of esters is 3. The predicted molar refractivity (Wildman–Crippen MR) is 251 cm³/mol. The fourth-order valence-corrected chi connectivity index (χ4v) is 9.55. The van der Waals surface area contributed by atoms with Gasteiger partial charge >= 0.3 is 17.9 Å². The van der Waals surface area contributed by atoms with Gasteiger partial charge in [0, 0.05) is 6.42 Å². The van der Waals surface area contributed by atoms with Crippen molar-refractivity contribution >= 4 is 17.9 Å². The zero-order valence-corrected chi connectivity index (χ0v) is 43.6. The minimum absolute atomic E-state index is 0.0982. The first-order valence-electron chi connectivity index (χ1n) is 26.5. The van der Waals surface area contributed by atoms with Crippen molar-refractivity contribution in [1.29, 1.82) is 0 Å². The van der Waals surface area contributed by atoms with Gasteiger partial charge in [0.1, 0.15) is 61.0 Å². The second-order valence-electron chi connectivity index (χ2n) is 20.7. The van der Waals surface area contributed by atoms with Crippen LogP contribution in [0.1, 0.15) is 139 Å². The maximum atomic E-state index is 14.0. The summed E-state index contributed by atoms with van der Waals surface area (Å²) in [6, 6.07) is 0. The molecule has 0 amide bonds. The second-order valence-corrected chi connectivity index (χ2v) is 20.7. The van der Waals surface area contributed by atoms with E-state index in [-0.39, 0.29) is 12.5 Å². The van der Waals surface area contributed by atoms with Crippen LogP contribution in [0.25, 0.3) is 0 Å². The molecular weight excluding hydrogens is 969 g/mol. The summed E-state index contributed by atoms with van der Waals surface area (Å²) in [5.41, 5.74) is 0. The number of fused-ring (bicyclic) bond motifs is 4. The van der Waals surface area contributed by atoms with Gasteiger partial charge < -0.3 is 98.1 Å². The Morgan fingerprint density at radius 2 is 1.11 bits per heavy atom. The SMILES string of the molecule is CCCCC[C@H]1CCCCCCCCCC(=O)O[C@@H]2[C@@H](O[C@@H]3O[C@H](C)[C@@H](OC(=O)[C@H](C)[C@H](C)O)[C@H](O)[C@H]3O)[C@H](C)O[C@@H](O[C@H]3[C@H](O[C@H]4[C@H](O1)O[C@H](C)[C@@H](O)[C@@H]4O)O[C@H](CO)[C@@H](O)[C@@H]3O)[C@@H]2OC(=O)[C@H](C)[C@H](C)O. The molecule has 0 aromatic heterocycles. The van der Waals surface area contributed by atoms with E-state index in [1.54, 1.807) is 6.92 Å². The Morgan fingerprint density at radius 3 is 1.71 bits per heavy atom. The molecule has 0 aromatic carbocycles. The highest BCUT2D eigenvalue weighted by Gasteiger charge is 2.58. The summed E-state index contributed by atoms with van der Waals surface area (Å²) in [4.78, 5) is 40.7. The largest absolute Gasteiger partial charge is 0.456 e. The molecule has 5 fully saturated rings. The van der Waals surface area contributed by atoms with Crippen LogP contribution in [0, 0.1) is 11.8 Å². The summed E-state index contributed by atoms with van der Waals surface area (Å²) in [7, 11) is 0. The number of carbonyl (C=O) groups is 3. The molecule has 0 aliphatic carbocycles. The minimum atomic E-state index is -1.98. The van der Waals surface area contributed by atoms with Crippen molar-refractivity contribution in [2.24, 2.45) is 11.8 Å². The van der Waals surface area contributed by atoms with Gasteiger partial charge in [-0.3, -0.25) is 14.4 Å². The van der Waals surface area contributed by atoms with E-state index in [2.05, 4.69) is 6.92 Å². The van der Waals surface area contributed by atoms with Gasteiger partial charge in [0.2, 0.25) is 0 Å². The van der Waals surface area contributed by atoms with Gasteiger partial charge in [-0.1, -0.05) is 64.7 Å². The Bertz CT molecular complexity index is 1670. The number of aliphatic hydroxyl groups excluding tert-OH is 9. The Morgan fingerprint density at radius 1 is 0.575 bits per heavy atom. The van der Waals surface area contributed by atoms with Crippen LogP contribution < -0.4 is 0 Å². The highest BCUT2D eigenvalue weighted by atomic mass is 16.8. The minimum Gasteiger partial charge on any atom is -0.456 e. The molecule has 9 N–H and O–H groups in total. The molecule has 23 nitrogen and oxygen atoms in total. The molecule has 0 saturated carbocycles. The number of hydrogen-bond donors (Lipinski definition) is 9. The summed E-state index contributed by atoms with van der Waals surface area (Å²) in [6.45, 7) is 11.2. The van der Waals surface area contributed by atoms with Crippen LogP contribution in [0.4, 0.5) is 0 Å². The molecule has 424 valence electrons. The van der Waals surface area contributed by atoms with E-state index in [1.165, 1.54) is 41.5 Å². The van der Waals surface area contributed by atoms with Crippen molar-refractivity contribution in [3.05, 3.63) is 0 Å². The fraction of sp³-hybridized carbons (Fsp3) is 0.940. The van der Waals surface area contributed by atoms with E-state index in [0.717, 1.165) is 51.4 Å². The average molecular weight is 1060 g/mol. The molecule has 73 heavy (non-hydrogen) atoms. The zero-order valence-electron chi connectivity index (χ0n) is 43.6. The summed E-state index contributed by atoms with van der Waals surface area (Å²) in [6.07, 6.45) is -25.5. The van der Waals surface area contributed by atoms with E-state index in [0.29, 0.717) is 25.7 Å². The Hall–Kier alpha value is -2.27. The van der Waals surface area contributed by atoms with E-state index >= 15 is 0 Å². The second kappa shape index (κ2) is 28.9. The predicted octanol–water partition coefficient (Wildman–Crippen LogP) is 0.518. The fourth-order valence-electron chi connectivity index (χ4n) is 9.55. The standard InChI is InChI=1S/C50H86O23/c1-9-10-16-19-30-20-17-14-12-11-13-15-18-21-32(54)68-43-40(71-47-38(60)37(59)39(28(7)64-47)69-45(61)23(2)25(4)52)29(8)65-50(44(43)70-46(62)24(3)26(5)53)73-42-36(58)34(56)31(22-51)67-49(42)72-41-35(57)33(55)27(6)63-48(41)66-30/h23-31,33-44,47-53,55-60H,9-22H2,1-8H3/t23-,24-,25+,26+,27-,28-,29+,30+,31-,33-,34-,35+,36+,37-,38-,39-,40+,41-,42-,43-,44-,47+,48+,49+,50+/m1/s1. The summed E-state index contributed by atoms with van der Waals surface area (Å²) in [5, 5.41) is 99.4. The van der Waals surface area contributed by atoms with E-state index in [1.807, 2.05) is 0 Å². The highest BCUT2D eigenvalue weighted by molar-refractivity contribution is 5.73. The number of ether oxygens (including phenoxy) is 11. The van der Waals surface area contributed by atoms with Gasteiger partial charge in [0.25, 0.3) is 0 Å². The third-order valence-electron chi connectivity index (χ3n) is 14.8. The molecule has 0 radical (unpaired) electrons. The van der Waals surface area contributed by atoms with Crippen LogP contribution in [0.15, 0.2) is 0 Å². The number of aliphatic hydroxyl groups is 9. The maximum absolute atomic E-state index is 14.0. The highest BCUT2D eigenvalue weighted by Crippen LogP contribution is 2.38. The normalized spacial score (nSPS) is 42.5. The van der Waals surface area contributed by atoms with E-state index < -0.39 is 171 Å². The molecule has 0 aromatic rings. The number of hydrogen-bond acceptors (Lipinski definition) is 23. The van der Waals surface area contributed by atoms with Crippen LogP contribution in [0.5, 0.6) is 0 Å². The lowest BCUT2D eigenvalue weighted by Crippen LogP contribution is -2.68. The molecular formula is C50H86O23. The molecule has 2 bridgehead atoms. The number of unbranched alkanes of at least 4 members (excludes halogenated alkanes) is 2. The summed E-state index contributed by atoms with van der Waals surface area (Å²) in [5.74, 6) is -4.85. The monoisotopic (exact) mass is 1050 g/mol. The van der Waals surface area contributed by atoms with Crippen molar-refractivity contribution in [2.75, 3.05) is 6.61 Å². The first kappa shape index (κ1) is 61.6. The Kier molecular flexibility index (Phi) is 24.4. The quantitative estimate of drug-likeness (QED) is 0.0690. The lowest BCUT2D eigenvalue weighted by molar-refractivity contribution is -0.399. The van der Waals surface area contributed by atoms with Gasteiger partial charge in [-0.25, -0.2) is 0 Å². The topological polar surface area (TPSA) is 335 Å². The molecule has 0 unspecified atom stereocenters. The van der Waals surface area contributed by atoms with Crippen molar-refractivity contribution in [3.63, 3.8) is 0 Å². The summed E-state index contributed by atoms with van der Waals surface area (Å²) >= 11 is 0. The van der Waals surface area contributed by atoms with Crippen LogP contribution in [0.3, 0.4) is 0 Å². The maximum Gasteiger partial charge on any atom is 0.311 e. The molecule has 5 aliphatic heterocycles. The molecule has 5 heterocycles. The molecule has 23 heteroatoms. The van der Waals surface area contributed by atoms with Gasteiger partial charge in [-0.2, -0.15) is 0 Å². The van der Waals surface area contributed by atoms with Crippen molar-refractivity contribution in [2.45, 2.75) is 280 Å². The molecule has 25 atom stereocenters. The number of rotatable bonds is 13. The van der Waals surface area contributed by atoms with Crippen molar-refractivity contribution in [3.8, 4) is 0 Å². The average Bonchev–Trinajstić information content (AvgIpc) is 3.34. The number of carbonyl (C=O) groups excluding carboxylic acids is 3. The Balaban J connectivity index is 1.55. The van der Waals surface area contributed by atoms with Crippen LogP contribution in [0.2, 0.25) is 0 Å². The Labute approximate surface area is 427 Å². The van der Waals surface area contributed by atoms with Crippen molar-refractivity contribution < 1.29 is 112 Å². The van der Waals surface area contributed by atoms with Gasteiger partial charge in [0.15, 0.2) is 43.5 Å². The smallest absolute Gasteiger partial charge is 0.311 e. The van der Waals surface area contributed by atoms with Crippen LogP contribution in [-0.2, 0) is 66.5 Å². The lowest BCUT2D eigenvalue weighted by Gasteiger charge is -2.50. The molecule has 5 rings (SSSR count). The summed E-state index contributed by atoms with van der Waals surface area (Å²) < 4.78 is 67.9. The van der Waals surface area contributed by atoms with Crippen molar-refractivity contribution in [1.82, 2.24) is 0 Å².